The Kier molecular flexibility index (Phi) is 5.28. The summed E-state index contributed by atoms with van der Waals surface area (Å²) in [6, 6.07) is 11.1. The van der Waals surface area contributed by atoms with Gasteiger partial charge in [0.25, 0.3) is 5.91 Å². The topological polar surface area (TPSA) is 42.0 Å². The SMILES string of the molecule is O=C(Nc1ncc(Cc2ccc(Br)c(Cl)c2)s1)c1ccc(F)cc1. The molecular weight excluding hydrogens is 415 g/mol. The average molecular weight is 426 g/mol. The average Bonchev–Trinajstić information content (AvgIpc) is 2.98. The summed E-state index contributed by atoms with van der Waals surface area (Å²) in [5.41, 5.74) is 1.44. The van der Waals surface area contributed by atoms with E-state index in [1.807, 2.05) is 18.2 Å². The molecule has 122 valence electrons. The summed E-state index contributed by atoms with van der Waals surface area (Å²) in [6.45, 7) is 0. The fourth-order valence-electron chi connectivity index (χ4n) is 2.07. The van der Waals surface area contributed by atoms with Crippen molar-refractivity contribution >= 4 is 49.9 Å². The number of rotatable bonds is 4. The van der Waals surface area contributed by atoms with Crippen LogP contribution in [0.4, 0.5) is 9.52 Å². The third-order valence-electron chi connectivity index (χ3n) is 3.24. The molecule has 1 N–H and O–H groups in total. The number of thiazole rings is 1. The number of nitrogens with zero attached hydrogens (tertiary/aromatic N) is 1. The van der Waals surface area contributed by atoms with Gasteiger partial charge in [-0.2, -0.15) is 0 Å². The highest BCUT2D eigenvalue weighted by Crippen LogP contribution is 2.26. The number of carbonyl (C=O) groups is 1. The van der Waals surface area contributed by atoms with Gasteiger partial charge >= 0.3 is 0 Å². The second-order valence-electron chi connectivity index (χ2n) is 5.02. The molecular formula is C17H11BrClFN2OS. The molecule has 1 heterocycles. The Balaban J connectivity index is 1.67. The molecule has 0 fully saturated rings. The summed E-state index contributed by atoms with van der Waals surface area (Å²) in [7, 11) is 0. The Hall–Kier alpha value is -1.76. The van der Waals surface area contributed by atoms with Gasteiger partial charge < -0.3 is 0 Å². The second kappa shape index (κ2) is 7.42. The molecule has 2 aromatic carbocycles. The molecule has 1 amide bonds. The number of carbonyl (C=O) groups excluding carboxylic acids is 1. The van der Waals surface area contributed by atoms with E-state index in [0.29, 0.717) is 22.1 Å². The van der Waals surface area contributed by atoms with Crippen molar-refractivity contribution in [2.24, 2.45) is 0 Å². The van der Waals surface area contributed by atoms with E-state index >= 15 is 0 Å². The van der Waals surface area contributed by atoms with Gasteiger partial charge in [-0.3, -0.25) is 10.1 Å². The number of hydrogen-bond acceptors (Lipinski definition) is 3. The third-order valence-corrected chi connectivity index (χ3v) is 5.39. The maximum absolute atomic E-state index is 12.9. The number of benzene rings is 2. The van der Waals surface area contributed by atoms with Crippen molar-refractivity contribution < 1.29 is 9.18 Å². The highest BCUT2D eigenvalue weighted by Gasteiger charge is 2.10. The van der Waals surface area contributed by atoms with Crippen molar-refractivity contribution in [3.8, 4) is 0 Å². The molecule has 0 radical (unpaired) electrons. The molecule has 7 heteroatoms. The number of halogens is 3. The lowest BCUT2D eigenvalue weighted by Crippen LogP contribution is -2.11. The molecule has 3 nitrogen and oxygen atoms in total. The molecule has 0 unspecified atom stereocenters. The zero-order valence-electron chi connectivity index (χ0n) is 12.2. The predicted octanol–water partition coefficient (Wildman–Crippen LogP) is 5.54. The lowest BCUT2D eigenvalue weighted by atomic mass is 10.1. The Bertz CT molecular complexity index is 883. The van der Waals surface area contributed by atoms with Crippen molar-refractivity contribution in [1.29, 1.82) is 0 Å². The minimum atomic E-state index is -0.378. The predicted molar refractivity (Wildman–Crippen MR) is 98.4 cm³/mol. The smallest absolute Gasteiger partial charge is 0.257 e. The van der Waals surface area contributed by atoms with Gasteiger partial charge in [-0.15, -0.1) is 11.3 Å². The van der Waals surface area contributed by atoms with Crippen LogP contribution in [0.15, 0.2) is 53.1 Å². The van der Waals surface area contributed by atoms with Gasteiger partial charge in [-0.05, 0) is 57.9 Å². The van der Waals surface area contributed by atoms with Gasteiger partial charge in [0, 0.05) is 27.5 Å². The summed E-state index contributed by atoms with van der Waals surface area (Å²) in [6.07, 6.45) is 2.40. The van der Waals surface area contributed by atoms with Crippen LogP contribution in [0.5, 0.6) is 0 Å². The van der Waals surface area contributed by atoms with E-state index in [2.05, 4.69) is 26.2 Å². The molecule has 0 bridgehead atoms. The van der Waals surface area contributed by atoms with Crippen molar-refractivity contribution in [2.45, 2.75) is 6.42 Å². The summed E-state index contributed by atoms with van der Waals surface area (Å²) in [5, 5.41) is 3.87. The van der Waals surface area contributed by atoms with Crippen molar-refractivity contribution in [1.82, 2.24) is 4.98 Å². The van der Waals surface area contributed by atoms with E-state index in [9.17, 15) is 9.18 Å². The Labute approximate surface area is 155 Å². The Morgan fingerprint density at radius 3 is 2.71 bits per heavy atom. The Morgan fingerprint density at radius 1 is 1.25 bits per heavy atom. The molecule has 0 aliphatic heterocycles. The molecule has 1 aromatic heterocycles. The van der Waals surface area contributed by atoms with Crippen LogP contribution in [0.25, 0.3) is 0 Å². The number of anilines is 1. The van der Waals surface area contributed by atoms with E-state index < -0.39 is 0 Å². The lowest BCUT2D eigenvalue weighted by molar-refractivity contribution is 0.102. The van der Waals surface area contributed by atoms with Crippen LogP contribution in [0.3, 0.4) is 0 Å². The van der Waals surface area contributed by atoms with Crippen molar-refractivity contribution in [3.05, 3.63) is 80.0 Å². The Morgan fingerprint density at radius 2 is 2.00 bits per heavy atom. The minimum Gasteiger partial charge on any atom is -0.298 e. The first-order chi connectivity index (χ1) is 11.5. The molecule has 0 aliphatic rings. The zero-order valence-corrected chi connectivity index (χ0v) is 15.4. The van der Waals surface area contributed by atoms with Crippen LogP contribution in [0.1, 0.15) is 20.8 Å². The molecule has 0 saturated heterocycles. The maximum atomic E-state index is 12.9. The molecule has 24 heavy (non-hydrogen) atoms. The quantitative estimate of drug-likeness (QED) is 0.596. The molecule has 0 spiro atoms. The first-order valence-corrected chi connectivity index (χ1v) is 8.95. The molecule has 0 saturated carbocycles. The monoisotopic (exact) mass is 424 g/mol. The molecule has 3 rings (SSSR count). The maximum Gasteiger partial charge on any atom is 0.257 e. The summed E-state index contributed by atoms with van der Waals surface area (Å²) in [4.78, 5) is 17.3. The second-order valence-corrected chi connectivity index (χ2v) is 7.39. The third kappa shape index (κ3) is 4.20. The number of aromatic nitrogens is 1. The van der Waals surface area contributed by atoms with Crippen LogP contribution in [0.2, 0.25) is 5.02 Å². The fourth-order valence-corrected chi connectivity index (χ4v) is 3.36. The van der Waals surface area contributed by atoms with Crippen LogP contribution < -0.4 is 5.32 Å². The first-order valence-electron chi connectivity index (χ1n) is 6.97. The van der Waals surface area contributed by atoms with Gasteiger partial charge in [0.2, 0.25) is 0 Å². The van der Waals surface area contributed by atoms with Crippen LogP contribution in [-0.4, -0.2) is 10.9 Å². The number of nitrogens with one attached hydrogen (secondary N) is 1. The summed E-state index contributed by atoms with van der Waals surface area (Å²) >= 11 is 10.8. The fraction of sp³-hybridized carbons (Fsp3) is 0.0588. The van der Waals surface area contributed by atoms with E-state index in [-0.39, 0.29) is 11.7 Å². The van der Waals surface area contributed by atoms with Gasteiger partial charge in [-0.25, -0.2) is 9.37 Å². The first kappa shape index (κ1) is 17.1. The van der Waals surface area contributed by atoms with Crippen molar-refractivity contribution in [2.75, 3.05) is 5.32 Å². The number of hydrogen-bond donors (Lipinski definition) is 1. The lowest BCUT2D eigenvalue weighted by Gasteiger charge is -2.02. The largest absolute Gasteiger partial charge is 0.298 e. The van der Waals surface area contributed by atoms with Crippen LogP contribution >= 0.6 is 38.9 Å². The van der Waals surface area contributed by atoms with E-state index in [1.165, 1.54) is 35.6 Å². The van der Waals surface area contributed by atoms with E-state index in [0.717, 1.165) is 14.9 Å². The number of amides is 1. The molecule has 3 aromatic rings. The summed E-state index contributed by atoms with van der Waals surface area (Å²) in [5.74, 6) is -0.696. The van der Waals surface area contributed by atoms with Crippen LogP contribution in [-0.2, 0) is 6.42 Å². The van der Waals surface area contributed by atoms with Gasteiger partial charge in [0.1, 0.15) is 5.82 Å². The van der Waals surface area contributed by atoms with Crippen LogP contribution in [0, 0.1) is 5.82 Å². The zero-order chi connectivity index (χ0) is 17.1. The highest BCUT2D eigenvalue weighted by atomic mass is 79.9. The summed E-state index contributed by atoms with van der Waals surface area (Å²) < 4.78 is 13.7. The van der Waals surface area contributed by atoms with E-state index in [1.54, 1.807) is 6.20 Å². The van der Waals surface area contributed by atoms with Gasteiger partial charge in [0.05, 0.1) is 5.02 Å². The van der Waals surface area contributed by atoms with E-state index in [4.69, 9.17) is 11.6 Å². The highest BCUT2D eigenvalue weighted by molar-refractivity contribution is 9.10. The minimum absolute atomic E-state index is 0.317. The molecule has 0 aliphatic carbocycles. The van der Waals surface area contributed by atoms with Gasteiger partial charge in [-0.1, -0.05) is 17.7 Å². The van der Waals surface area contributed by atoms with Gasteiger partial charge in [0.15, 0.2) is 5.13 Å². The molecule has 0 atom stereocenters. The normalized spacial score (nSPS) is 10.6. The van der Waals surface area contributed by atoms with Crippen molar-refractivity contribution in [3.63, 3.8) is 0 Å². The standard InChI is InChI=1S/C17H11BrClFN2OS/c18-14-6-1-10(8-15(14)19)7-13-9-21-17(24-13)22-16(23)11-2-4-12(20)5-3-11/h1-6,8-9H,7H2,(H,21,22,23).